The maximum Gasteiger partial charge on any atom is 0.133 e. The largest absolute Gasteiger partial charge is 0.457 e. The van der Waals surface area contributed by atoms with Gasteiger partial charge in [-0.3, -0.25) is 0 Å². The highest BCUT2D eigenvalue weighted by molar-refractivity contribution is 5.46. The molecule has 0 fully saturated rings. The van der Waals surface area contributed by atoms with Gasteiger partial charge in [0.05, 0.1) is 17.7 Å². The molecule has 0 saturated carbocycles. The summed E-state index contributed by atoms with van der Waals surface area (Å²) in [4.78, 5) is 0. The SMILES string of the molecule is Cc1ccc(C#N)cc1Oc1ccc(F)cc1C(C)O. The average molecular weight is 271 g/mol. The highest BCUT2D eigenvalue weighted by atomic mass is 19.1. The molecule has 0 radical (unpaired) electrons. The van der Waals surface area contributed by atoms with Gasteiger partial charge >= 0.3 is 0 Å². The molecule has 20 heavy (non-hydrogen) atoms. The van der Waals surface area contributed by atoms with Crippen LogP contribution in [0.2, 0.25) is 0 Å². The second-order valence-electron chi connectivity index (χ2n) is 4.55. The first-order valence-electron chi connectivity index (χ1n) is 6.17. The Hall–Kier alpha value is -2.38. The Morgan fingerprint density at radius 3 is 2.60 bits per heavy atom. The molecule has 1 atom stereocenters. The van der Waals surface area contributed by atoms with Crippen LogP contribution in [-0.4, -0.2) is 5.11 Å². The lowest BCUT2D eigenvalue weighted by molar-refractivity contribution is 0.195. The number of nitrogens with zero attached hydrogens (tertiary/aromatic N) is 1. The van der Waals surface area contributed by atoms with E-state index in [4.69, 9.17) is 10.00 Å². The van der Waals surface area contributed by atoms with E-state index in [1.54, 1.807) is 25.1 Å². The second-order valence-corrected chi connectivity index (χ2v) is 4.55. The lowest BCUT2D eigenvalue weighted by Gasteiger charge is -2.14. The number of ether oxygens (including phenoxy) is 1. The number of hydrogen-bond donors (Lipinski definition) is 1. The van der Waals surface area contributed by atoms with Gasteiger partial charge in [0.1, 0.15) is 17.3 Å². The van der Waals surface area contributed by atoms with Crippen LogP contribution >= 0.6 is 0 Å². The van der Waals surface area contributed by atoms with Crippen molar-refractivity contribution in [3.05, 3.63) is 58.9 Å². The quantitative estimate of drug-likeness (QED) is 0.922. The molecule has 0 aliphatic rings. The standard InChI is InChI=1S/C16H14FNO2/c1-10-3-4-12(9-18)7-16(10)20-15-6-5-13(17)8-14(15)11(2)19/h3-8,11,19H,1-2H3. The summed E-state index contributed by atoms with van der Waals surface area (Å²) in [5.74, 6) is 0.452. The van der Waals surface area contributed by atoms with E-state index in [0.717, 1.165) is 5.56 Å². The second kappa shape index (κ2) is 5.72. The van der Waals surface area contributed by atoms with E-state index < -0.39 is 11.9 Å². The van der Waals surface area contributed by atoms with Crippen LogP contribution in [-0.2, 0) is 0 Å². The molecule has 0 heterocycles. The molecule has 0 saturated heterocycles. The summed E-state index contributed by atoms with van der Waals surface area (Å²) in [5, 5.41) is 18.6. The lowest BCUT2D eigenvalue weighted by Crippen LogP contribution is -1.98. The average Bonchev–Trinajstić information content (AvgIpc) is 2.42. The molecule has 3 nitrogen and oxygen atoms in total. The zero-order valence-corrected chi connectivity index (χ0v) is 11.2. The van der Waals surface area contributed by atoms with Crippen LogP contribution < -0.4 is 4.74 Å². The number of aryl methyl sites for hydroxylation is 1. The molecule has 0 aromatic heterocycles. The van der Waals surface area contributed by atoms with Crippen molar-refractivity contribution in [1.29, 1.82) is 5.26 Å². The summed E-state index contributed by atoms with van der Waals surface area (Å²) in [5.41, 5.74) is 1.70. The van der Waals surface area contributed by atoms with Crippen LogP contribution in [0.3, 0.4) is 0 Å². The predicted molar refractivity (Wildman–Crippen MR) is 73.0 cm³/mol. The van der Waals surface area contributed by atoms with Crippen LogP contribution in [0.5, 0.6) is 11.5 Å². The third kappa shape index (κ3) is 2.95. The minimum Gasteiger partial charge on any atom is -0.457 e. The van der Waals surface area contributed by atoms with Crippen molar-refractivity contribution in [1.82, 2.24) is 0 Å². The van der Waals surface area contributed by atoms with Gasteiger partial charge in [-0.2, -0.15) is 5.26 Å². The van der Waals surface area contributed by atoms with Crippen molar-refractivity contribution in [2.75, 3.05) is 0 Å². The Morgan fingerprint density at radius 2 is 1.95 bits per heavy atom. The van der Waals surface area contributed by atoms with Crippen LogP contribution in [0.25, 0.3) is 0 Å². The fourth-order valence-corrected chi connectivity index (χ4v) is 1.84. The fraction of sp³-hybridized carbons (Fsp3) is 0.188. The molecule has 2 rings (SSSR count). The number of nitriles is 1. The molecule has 4 heteroatoms. The molecule has 0 amide bonds. The molecule has 1 unspecified atom stereocenters. The fourth-order valence-electron chi connectivity index (χ4n) is 1.84. The van der Waals surface area contributed by atoms with Crippen LogP contribution in [0.1, 0.15) is 29.7 Å². The van der Waals surface area contributed by atoms with E-state index in [9.17, 15) is 9.50 Å². The molecule has 1 N–H and O–H groups in total. The maximum absolute atomic E-state index is 13.2. The van der Waals surface area contributed by atoms with Gasteiger partial charge in [-0.15, -0.1) is 0 Å². The Morgan fingerprint density at radius 1 is 1.20 bits per heavy atom. The number of hydrogen-bond acceptors (Lipinski definition) is 3. The summed E-state index contributed by atoms with van der Waals surface area (Å²) >= 11 is 0. The van der Waals surface area contributed by atoms with Gasteiger partial charge < -0.3 is 9.84 Å². The van der Waals surface area contributed by atoms with Crippen molar-refractivity contribution in [2.24, 2.45) is 0 Å². The Labute approximate surface area is 116 Å². The van der Waals surface area contributed by atoms with Gasteiger partial charge in [0.25, 0.3) is 0 Å². The molecule has 102 valence electrons. The topological polar surface area (TPSA) is 53.2 Å². The predicted octanol–water partition coefficient (Wildman–Crippen LogP) is 3.85. The molecular weight excluding hydrogens is 257 g/mol. The smallest absolute Gasteiger partial charge is 0.133 e. The Bertz CT molecular complexity index is 675. The molecule has 2 aromatic rings. The number of benzene rings is 2. The molecule has 0 spiro atoms. The summed E-state index contributed by atoms with van der Waals surface area (Å²) in [6.45, 7) is 3.39. The van der Waals surface area contributed by atoms with Crippen LogP contribution in [0.15, 0.2) is 36.4 Å². The molecule has 2 aromatic carbocycles. The van der Waals surface area contributed by atoms with Crippen molar-refractivity contribution in [3.63, 3.8) is 0 Å². The third-order valence-corrected chi connectivity index (χ3v) is 2.96. The van der Waals surface area contributed by atoms with E-state index in [1.165, 1.54) is 18.2 Å². The zero-order valence-electron chi connectivity index (χ0n) is 11.2. The maximum atomic E-state index is 13.2. The Balaban J connectivity index is 2.42. The van der Waals surface area contributed by atoms with Crippen LogP contribution in [0.4, 0.5) is 4.39 Å². The van der Waals surface area contributed by atoms with Crippen molar-refractivity contribution < 1.29 is 14.2 Å². The zero-order chi connectivity index (χ0) is 14.7. The van der Waals surface area contributed by atoms with Gasteiger partial charge in [-0.25, -0.2) is 4.39 Å². The van der Waals surface area contributed by atoms with E-state index >= 15 is 0 Å². The lowest BCUT2D eigenvalue weighted by atomic mass is 10.1. The van der Waals surface area contributed by atoms with Gasteiger partial charge in [0.2, 0.25) is 0 Å². The van der Waals surface area contributed by atoms with Gasteiger partial charge in [-0.1, -0.05) is 6.07 Å². The summed E-state index contributed by atoms with van der Waals surface area (Å²) in [6, 6.07) is 11.1. The molecule has 0 aliphatic carbocycles. The minimum atomic E-state index is -0.847. The third-order valence-electron chi connectivity index (χ3n) is 2.96. The van der Waals surface area contributed by atoms with Crippen molar-refractivity contribution >= 4 is 0 Å². The van der Waals surface area contributed by atoms with Gasteiger partial charge in [-0.05, 0) is 49.7 Å². The van der Waals surface area contributed by atoms with E-state index in [-0.39, 0.29) is 0 Å². The Kier molecular flexibility index (Phi) is 4.02. The van der Waals surface area contributed by atoms with Gasteiger partial charge in [0.15, 0.2) is 0 Å². The highest BCUT2D eigenvalue weighted by Gasteiger charge is 2.12. The summed E-state index contributed by atoms with van der Waals surface area (Å²) < 4.78 is 19.0. The highest BCUT2D eigenvalue weighted by Crippen LogP contribution is 2.32. The van der Waals surface area contributed by atoms with Gasteiger partial charge in [0, 0.05) is 5.56 Å². The van der Waals surface area contributed by atoms with Crippen molar-refractivity contribution in [2.45, 2.75) is 20.0 Å². The monoisotopic (exact) mass is 271 g/mol. The first-order valence-corrected chi connectivity index (χ1v) is 6.17. The summed E-state index contributed by atoms with van der Waals surface area (Å²) in [7, 11) is 0. The number of rotatable bonds is 3. The summed E-state index contributed by atoms with van der Waals surface area (Å²) in [6.07, 6.45) is -0.847. The van der Waals surface area contributed by atoms with E-state index in [0.29, 0.717) is 22.6 Å². The number of aliphatic hydroxyl groups is 1. The molecule has 0 aliphatic heterocycles. The van der Waals surface area contributed by atoms with E-state index in [1.807, 2.05) is 13.0 Å². The minimum absolute atomic E-state index is 0.367. The number of halogens is 1. The first kappa shape index (κ1) is 14.0. The molecular formula is C16H14FNO2. The number of aliphatic hydroxyl groups excluding tert-OH is 1. The van der Waals surface area contributed by atoms with Crippen molar-refractivity contribution in [3.8, 4) is 17.6 Å². The van der Waals surface area contributed by atoms with E-state index in [2.05, 4.69) is 0 Å². The normalized spacial score (nSPS) is 11.8. The first-order chi connectivity index (χ1) is 9.51. The molecule has 0 bridgehead atoms. The van der Waals surface area contributed by atoms with Crippen LogP contribution in [0, 0.1) is 24.1 Å².